The van der Waals surface area contributed by atoms with Crippen molar-refractivity contribution in [3.63, 3.8) is 0 Å². The summed E-state index contributed by atoms with van der Waals surface area (Å²) in [4.78, 5) is 24.9. The Morgan fingerprint density at radius 2 is 2.06 bits per heavy atom. The zero-order chi connectivity index (χ0) is 24.4. The number of aromatic amines is 1. The molecule has 0 atom stereocenters. The van der Waals surface area contributed by atoms with Crippen molar-refractivity contribution in [3.05, 3.63) is 69.7 Å². The Hall–Kier alpha value is -4.31. The van der Waals surface area contributed by atoms with E-state index in [1.54, 1.807) is 25.3 Å². The topological polar surface area (TPSA) is 129 Å². The maximum absolute atomic E-state index is 13.6. The van der Waals surface area contributed by atoms with Crippen molar-refractivity contribution in [1.82, 2.24) is 25.1 Å². The number of hydrogen-bond acceptors (Lipinski definition) is 7. The summed E-state index contributed by atoms with van der Waals surface area (Å²) in [7, 11) is 0. The van der Waals surface area contributed by atoms with Gasteiger partial charge in [0, 0.05) is 34.2 Å². The number of aromatic nitrogens is 5. The van der Waals surface area contributed by atoms with Gasteiger partial charge in [-0.05, 0) is 38.1 Å². The molecule has 0 saturated carbocycles. The molecule has 9 nitrogen and oxygen atoms in total. The number of fused-ring (bicyclic) bond motifs is 1. The second-order valence-electron chi connectivity index (χ2n) is 7.29. The molecule has 3 aromatic heterocycles. The number of anilines is 4. The lowest BCUT2D eigenvalue weighted by molar-refractivity contribution is -0.132. The summed E-state index contributed by atoms with van der Waals surface area (Å²) in [6.45, 7) is 7.22. The van der Waals surface area contributed by atoms with Crippen LogP contribution in [0.4, 0.5) is 27.7 Å². The van der Waals surface area contributed by atoms with Crippen molar-refractivity contribution in [2.45, 2.75) is 13.8 Å². The molecule has 34 heavy (non-hydrogen) atoms. The molecule has 4 N–H and O–H groups in total. The van der Waals surface area contributed by atoms with Crippen molar-refractivity contribution in [1.29, 1.82) is 0 Å². The molecule has 4 aromatic rings. The summed E-state index contributed by atoms with van der Waals surface area (Å²) in [5, 5.41) is 23.9. The minimum Gasteiger partial charge on any atom is -0.478 e. The Morgan fingerprint density at radius 1 is 1.26 bits per heavy atom. The molecule has 0 radical (unpaired) electrons. The number of pyridine rings is 1. The fourth-order valence-corrected chi connectivity index (χ4v) is 3.41. The maximum atomic E-state index is 13.6. The summed E-state index contributed by atoms with van der Waals surface area (Å²) >= 11 is 5.93. The molecule has 11 heteroatoms. The van der Waals surface area contributed by atoms with Crippen LogP contribution < -0.4 is 21.2 Å². The summed E-state index contributed by atoms with van der Waals surface area (Å²) in [6, 6.07) is 5.94. The Bertz CT molecular complexity index is 1570. The van der Waals surface area contributed by atoms with Crippen LogP contribution in [0.1, 0.15) is 12.6 Å². The predicted molar refractivity (Wildman–Crippen MR) is 129 cm³/mol. The molecule has 0 spiro atoms. The fraction of sp³-hybridized carbons (Fsp3) is 0.0870. The Morgan fingerprint density at radius 3 is 2.71 bits per heavy atom. The number of carboxylic acid groups (broad SMARTS) is 1. The largest absolute Gasteiger partial charge is 0.478 e. The van der Waals surface area contributed by atoms with Gasteiger partial charge in [-0.2, -0.15) is 5.10 Å². The van der Waals surface area contributed by atoms with Crippen LogP contribution in [0.5, 0.6) is 0 Å². The molecule has 0 aliphatic heterocycles. The van der Waals surface area contributed by atoms with Crippen LogP contribution in [0.25, 0.3) is 23.1 Å². The molecular weight excluding hydrogens is 461 g/mol. The molecule has 3 heterocycles. The summed E-state index contributed by atoms with van der Waals surface area (Å²) in [5.41, 5.74) is 1.63. The molecule has 0 unspecified atom stereocenters. The number of nitrogens with one attached hydrogen (secondary N) is 3. The first-order valence-corrected chi connectivity index (χ1v) is 10.4. The standard InChI is InChI=1S/C23H19ClFN7O2/c1-4-14-15-10-26-23(29-19-8-12(3)31-32-19)30-20(15)21(28-18(14)7-11(2)22(33)34)27-13-5-6-17(25)16(24)9-13/h4-10H,2H2,1,3H3,(H,27,28)(H,33,34)(H2,26,29,30,31,32)/b14-4-,18-7+. The minimum absolute atomic E-state index is 0.0651. The van der Waals surface area contributed by atoms with E-state index in [-0.39, 0.29) is 22.4 Å². The lowest BCUT2D eigenvalue weighted by atomic mass is 10.1. The zero-order valence-corrected chi connectivity index (χ0v) is 18.9. The van der Waals surface area contributed by atoms with Crippen LogP contribution >= 0.6 is 11.6 Å². The number of carbonyl (C=O) groups is 1. The maximum Gasteiger partial charge on any atom is 0.335 e. The number of rotatable bonds is 6. The number of aliphatic carboxylic acids is 1. The van der Waals surface area contributed by atoms with Gasteiger partial charge in [-0.1, -0.05) is 24.3 Å². The number of halogens is 2. The highest BCUT2D eigenvalue weighted by Crippen LogP contribution is 2.25. The van der Waals surface area contributed by atoms with Gasteiger partial charge < -0.3 is 15.7 Å². The van der Waals surface area contributed by atoms with Gasteiger partial charge in [0.2, 0.25) is 5.95 Å². The molecule has 0 saturated heterocycles. The van der Waals surface area contributed by atoms with Gasteiger partial charge in [-0.25, -0.2) is 24.1 Å². The highest BCUT2D eigenvalue weighted by atomic mass is 35.5. The normalized spacial score (nSPS) is 12.2. The van der Waals surface area contributed by atoms with E-state index in [1.165, 1.54) is 24.3 Å². The Labute approximate surface area is 197 Å². The first-order chi connectivity index (χ1) is 16.2. The van der Waals surface area contributed by atoms with Crippen LogP contribution in [0.2, 0.25) is 5.02 Å². The van der Waals surface area contributed by atoms with E-state index < -0.39 is 11.8 Å². The minimum atomic E-state index is -1.17. The Balaban J connectivity index is 1.93. The number of H-pyrrole nitrogens is 1. The van der Waals surface area contributed by atoms with Gasteiger partial charge in [0.15, 0.2) is 11.6 Å². The van der Waals surface area contributed by atoms with E-state index in [9.17, 15) is 14.3 Å². The number of hydrogen-bond donors (Lipinski definition) is 4. The number of aryl methyl sites for hydroxylation is 1. The van der Waals surface area contributed by atoms with E-state index >= 15 is 0 Å². The summed E-state index contributed by atoms with van der Waals surface area (Å²) in [6.07, 6.45) is 4.74. The highest BCUT2D eigenvalue weighted by Gasteiger charge is 2.13. The van der Waals surface area contributed by atoms with Crippen LogP contribution in [0.3, 0.4) is 0 Å². The van der Waals surface area contributed by atoms with E-state index in [1.807, 2.05) is 6.92 Å². The predicted octanol–water partition coefficient (Wildman–Crippen LogP) is 3.56. The van der Waals surface area contributed by atoms with E-state index in [4.69, 9.17) is 11.6 Å². The molecule has 4 rings (SSSR count). The van der Waals surface area contributed by atoms with Crippen molar-refractivity contribution in [3.8, 4) is 0 Å². The third-order valence-electron chi connectivity index (χ3n) is 4.81. The molecule has 0 fully saturated rings. The number of carboxylic acids is 1. The monoisotopic (exact) mass is 479 g/mol. The second kappa shape index (κ2) is 9.28. The third-order valence-corrected chi connectivity index (χ3v) is 5.10. The molecular formula is C23H19ClFN7O2. The van der Waals surface area contributed by atoms with Gasteiger partial charge >= 0.3 is 5.97 Å². The van der Waals surface area contributed by atoms with Crippen LogP contribution in [-0.4, -0.2) is 36.2 Å². The average molecular weight is 480 g/mol. The zero-order valence-electron chi connectivity index (χ0n) is 18.1. The molecule has 1 aromatic carbocycles. The van der Waals surface area contributed by atoms with Gasteiger partial charge in [-0.15, -0.1) is 0 Å². The van der Waals surface area contributed by atoms with E-state index in [2.05, 4.69) is 42.4 Å². The second-order valence-corrected chi connectivity index (χ2v) is 7.70. The summed E-state index contributed by atoms with van der Waals surface area (Å²) in [5.74, 6) is -0.634. The van der Waals surface area contributed by atoms with E-state index in [0.717, 1.165) is 5.69 Å². The van der Waals surface area contributed by atoms with Gasteiger partial charge in [0.25, 0.3) is 0 Å². The van der Waals surface area contributed by atoms with Gasteiger partial charge in [-0.3, -0.25) is 5.10 Å². The average Bonchev–Trinajstić information content (AvgIpc) is 3.21. The summed E-state index contributed by atoms with van der Waals surface area (Å²) < 4.78 is 13.6. The lowest BCUT2D eigenvalue weighted by Gasteiger charge is -2.11. The van der Waals surface area contributed by atoms with E-state index in [0.29, 0.717) is 33.0 Å². The van der Waals surface area contributed by atoms with Crippen molar-refractivity contribution in [2.75, 3.05) is 10.6 Å². The molecule has 172 valence electrons. The molecule has 0 amide bonds. The van der Waals surface area contributed by atoms with Gasteiger partial charge in [0.05, 0.1) is 15.9 Å². The van der Waals surface area contributed by atoms with Crippen LogP contribution in [0, 0.1) is 12.7 Å². The van der Waals surface area contributed by atoms with Crippen molar-refractivity contribution in [2.24, 2.45) is 0 Å². The molecule has 0 bridgehead atoms. The van der Waals surface area contributed by atoms with Crippen molar-refractivity contribution >= 4 is 63.9 Å². The third kappa shape index (κ3) is 4.71. The molecule has 0 aliphatic rings. The van der Waals surface area contributed by atoms with Crippen LogP contribution in [-0.2, 0) is 4.79 Å². The number of benzene rings is 1. The number of nitrogens with zero attached hydrogens (tertiary/aromatic N) is 4. The quantitative estimate of drug-likeness (QED) is 0.309. The van der Waals surface area contributed by atoms with Crippen molar-refractivity contribution < 1.29 is 14.3 Å². The SMILES string of the molecule is C=C(/C=c1/nc(Nc2ccc(F)c(Cl)c2)c2nc(Nc3cc(C)[nH]n3)ncc2/c1=C/C)C(=O)O. The highest BCUT2D eigenvalue weighted by molar-refractivity contribution is 6.31. The van der Waals surface area contributed by atoms with Gasteiger partial charge in [0.1, 0.15) is 11.3 Å². The lowest BCUT2D eigenvalue weighted by Crippen LogP contribution is -2.31. The first kappa shape index (κ1) is 22.9. The molecule has 0 aliphatic carbocycles. The van der Waals surface area contributed by atoms with Crippen LogP contribution in [0.15, 0.2) is 42.6 Å². The fourth-order valence-electron chi connectivity index (χ4n) is 3.23. The smallest absolute Gasteiger partial charge is 0.335 e. The Kier molecular flexibility index (Phi) is 6.24. The first-order valence-electron chi connectivity index (χ1n) is 10.0.